The van der Waals surface area contributed by atoms with Crippen LogP contribution < -0.4 is 10.1 Å². The van der Waals surface area contributed by atoms with E-state index in [1.54, 1.807) is 12.3 Å². The number of hydrogen-bond donors (Lipinski definition) is 1. The van der Waals surface area contributed by atoms with Crippen LogP contribution in [0.4, 0.5) is 5.13 Å². The lowest BCUT2D eigenvalue weighted by atomic mass is 10.1. The van der Waals surface area contributed by atoms with E-state index in [2.05, 4.69) is 20.5 Å². The van der Waals surface area contributed by atoms with Crippen molar-refractivity contribution < 1.29 is 19.1 Å². The minimum absolute atomic E-state index is 0.0779. The fraction of sp³-hybridized carbons (Fsp3) is 0.409. The lowest BCUT2D eigenvalue weighted by Gasteiger charge is -2.11. The minimum Gasteiger partial charge on any atom is -0.486 e. The Morgan fingerprint density at radius 1 is 1.21 bits per heavy atom. The molecular formula is C22H26ClN5O4S2. The topological polar surface area (TPSA) is 108 Å². The molecule has 0 radical (unpaired) electrons. The molecule has 3 aromatic rings. The van der Waals surface area contributed by atoms with Crippen LogP contribution in [0.5, 0.6) is 5.75 Å². The van der Waals surface area contributed by atoms with E-state index in [9.17, 15) is 9.59 Å². The van der Waals surface area contributed by atoms with Gasteiger partial charge in [0.15, 0.2) is 16.1 Å². The van der Waals surface area contributed by atoms with Gasteiger partial charge in [-0.1, -0.05) is 23.4 Å². The third-order valence-corrected chi connectivity index (χ3v) is 7.02. The molecule has 0 atom stereocenters. The number of ether oxygens (including phenoxy) is 2. The van der Waals surface area contributed by atoms with Crippen molar-refractivity contribution in [3.63, 3.8) is 0 Å². The lowest BCUT2D eigenvalue weighted by molar-refractivity contribution is -0.142. The number of rotatable bonds is 11. The molecule has 182 valence electrons. The predicted octanol–water partition coefficient (Wildman–Crippen LogP) is 4.44. The van der Waals surface area contributed by atoms with E-state index in [0.717, 1.165) is 16.1 Å². The molecule has 12 heteroatoms. The van der Waals surface area contributed by atoms with Crippen molar-refractivity contribution >= 4 is 51.7 Å². The smallest absolute Gasteiger partial charge is 0.311 e. The quantitative estimate of drug-likeness (QED) is 0.290. The first-order valence-corrected chi connectivity index (χ1v) is 12.9. The third-order valence-electron chi connectivity index (χ3n) is 4.65. The molecule has 0 aliphatic rings. The molecule has 0 saturated heterocycles. The Morgan fingerprint density at radius 2 is 1.94 bits per heavy atom. The van der Waals surface area contributed by atoms with Gasteiger partial charge in [0.2, 0.25) is 5.91 Å². The van der Waals surface area contributed by atoms with Gasteiger partial charge in [0, 0.05) is 16.9 Å². The van der Waals surface area contributed by atoms with Crippen molar-refractivity contribution in [3.8, 4) is 5.75 Å². The van der Waals surface area contributed by atoms with Crippen LogP contribution in [-0.4, -0.2) is 44.0 Å². The van der Waals surface area contributed by atoms with Crippen LogP contribution in [0.15, 0.2) is 22.7 Å². The van der Waals surface area contributed by atoms with Crippen molar-refractivity contribution in [1.82, 2.24) is 19.7 Å². The van der Waals surface area contributed by atoms with E-state index >= 15 is 0 Å². The molecule has 34 heavy (non-hydrogen) atoms. The summed E-state index contributed by atoms with van der Waals surface area (Å²) in [5, 5.41) is 14.7. The number of hydrogen-bond acceptors (Lipinski definition) is 9. The predicted molar refractivity (Wildman–Crippen MR) is 133 cm³/mol. The largest absolute Gasteiger partial charge is 0.486 e. The van der Waals surface area contributed by atoms with Crippen LogP contribution in [0.2, 0.25) is 5.02 Å². The van der Waals surface area contributed by atoms with Gasteiger partial charge in [0.05, 0.1) is 24.5 Å². The second-order valence-corrected chi connectivity index (χ2v) is 9.44. The van der Waals surface area contributed by atoms with Crippen molar-refractivity contribution in [1.29, 1.82) is 0 Å². The summed E-state index contributed by atoms with van der Waals surface area (Å²) in [6.45, 7) is 8.80. The Kier molecular flexibility index (Phi) is 9.31. The second kappa shape index (κ2) is 12.2. The van der Waals surface area contributed by atoms with Crippen molar-refractivity contribution in [3.05, 3.63) is 45.2 Å². The van der Waals surface area contributed by atoms with Crippen molar-refractivity contribution in [2.45, 2.75) is 52.4 Å². The second-order valence-electron chi connectivity index (χ2n) is 7.27. The maximum absolute atomic E-state index is 12.4. The molecular weight excluding hydrogens is 498 g/mol. The van der Waals surface area contributed by atoms with Crippen LogP contribution in [0, 0.1) is 13.8 Å². The molecule has 2 heterocycles. The van der Waals surface area contributed by atoms with Crippen LogP contribution in [-0.2, 0) is 33.9 Å². The zero-order valence-electron chi connectivity index (χ0n) is 19.4. The molecule has 1 amide bonds. The van der Waals surface area contributed by atoms with Gasteiger partial charge in [0.1, 0.15) is 12.4 Å². The Bertz CT molecular complexity index is 1140. The third kappa shape index (κ3) is 6.94. The number of nitrogens with one attached hydrogen (secondary N) is 1. The number of amides is 1. The summed E-state index contributed by atoms with van der Waals surface area (Å²) in [5.41, 5.74) is 2.46. The number of carbonyl (C=O) groups excluding carboxylic acids is 2. The highest BCUT2D eigenvalue weighted by Crippen LogP contribution is 2.27. The Morgan fingerprint density at radius 3 is 2.62 bits per heavy atom. The minimum atomic E-state index is -0.346. The fourth-order valence-corrected chi connectivity index (χ4v) is 4.74. The standard InChI is InChI=1S/C22H26ClN5O4S2/c1-5-28-17(10-32-16-7-13(3)20(23)14(4)8-16)26-27-22(28)34-12-18(29)25-21-24-15(11-33-21)9-19(30)31-6-2/h7-8,11H,5-6,9-10,12H2,1-4H3,(H,24,25,29). The van der Waals surface area contributed by atoms with Crippen molar-refractivity contribution in [2.75, 3.05) is 17.7 Å². The highest BCUT2D eigenvalue weighted by atomic mass is 35.5. The van der Waals surface area contributed by atoms with Gasteiger partial charge >= 0.3 is 5.97 Å². The maximum Gasteiger partial charge on any atom is 0.311 e. The van der Waals surface area contributed by atoms with Gasteiger partial charge in [-0.05, 0) is 51.0 Å². The first kappa shape index (κ1) is 26.0. The van der Waals surface area contributed by atoms with E-state index in [-0.39, 0.29) is 30.7 Å². The summed E-state index contributed by atoms with van der Waals surface area (Å²) in [4.78, 5) is 28.2. The number of anilines is 1. The van der Waals surface area contributed by atoms with Crippen LogP contribution in [0.1, 0.15) is 36.5 Å². The van der Waals surface area contributed by atoms with E-state index in [0.29, 0.717) is 40.7 Å². The number of thiazole rings is 1. The molecule has 1 N–H and O–H groups in total. The summed E-state index contributed by atoms with van der Waals surface area (Å²) >= 11 is 8.76. The molecule has 0 spiro atoms. The molecule has 0 unspecified atom stereocenters. The van der Waals surface area contributed by atoms with Crippen molar-refractivity contribution in [2.24, 2.45) is 0 Å². The van der Waals surface area contributed by atoms with E-state index in [4.69, 9.17) is 21.1 Å². The molecule has 0 fully saturated rings. The van der Waals surface area contributed by atoms with Gasteiger partial charge < -0.3 is 19.4 Å². The average Bonchev–Trinajstić information content (AvgIpc) is 3.40. The normalized spacial score (nSPS) is 10.9. The highest BCUT2D eigenvalue weighted by molar-refractivity contribution is 7.99. The number of benzene rings is 1. The van der Waals surface area contributed by atoms with Gasteiger partial charge in [0.25, 0.3) is 0 Å². The SMILES string of the molecule is CCOC(=O)Cc1csc(NC(=O)CSc2nnc(COc3cc(C)c(Cl)c(C)c3)n2CC)n1. The van der Waals surface area contributed by atoms with Crippen LogP contribution in [0.3, 0.4) is 0 Å². The van der Waals surface area contributed by atoms with Gasteiger partial charge in [-0.3, -0.25) is 9.59 Å². The number of carbonyl (C=O) groups is 2. The van der Waals surface area contributed by atoms with Crippen LogP contribution in [0.25, 0.3) is 0 Å². The molecule has 3 rings (SSSR count). The summed E-state index contributed by atoms with van der Waals surface area (Å²) in [5.74, 6) is 0.948. The number of aromatic nitrogens is 4. The number of nitrogens with zero attached hydrogens (tertiary/aromatic N) is 4. The lowest BCUT2D eigenvalue weighted by Crippen LogP contribution is -2.15. The first-order valence-electron chi connectivity index (χ1n) is 10.6. The molecule has 0 saturated carbocycles. The molecule has 2 aromatic heterocycles. The number of aryl methyl sites for hydroxylation is 2. The Hall–Kier alpha value is -2.63. The Balaban J connectivity index is 1.54. The highest BCUT2D eigenvalue weighted by Gasteiger charge is 2.15. The molecule has 0 aliphatic heterocycles. The summed E-state index contributed by atoms with van der Waals surface area (Å²) in [7, 11) is 0. The summed E-state index contributed by atoms with van der Waals surface area (Å²) < 4.78 is 12.7. The number of thioether (sulfide) groups is 1. The van der Waals surface area contributed by atoms with E-state index in [1.165, 1.54) is 23.1 Å². The van der Waals surface area contributed by atoms with Crippen LogP contribution >= 0.6 is 34.7 Å². The van der Waals surface area contributed by atoms with Gasteiger partial charge in [-0.15, -0.1) is 21.5 Å². The zero-order valence-corrected chi connectivity index (χ0v) is 21.8. The number of esters is 1. The molecule has 9 nitrogen and oxygen atoms in total. The fourth-order valence-electron chi connectivity index (χ4n) is 3.08. The number of halogens is 1. The maximum atomic E-state index is 12.4. The van der Waals surface area contributed by atoms with Gasteiger partial charge in [-0.2, -0.15) is 0 Å². The Labute approximate surface area is 211 Å². The van der Waals surface area contributed by atoms with E-state index < -0.39 is 0 Å². The van der Waals surface area contributed by atoms with E-state index in [1.807, 2.05) is 37.5 Å². The zero-order chi connectivity index (χ0) is 24.7. The first-order chi connectivity index (χ1) is 16.3. The molecule has 0 aliphatic carbocycles. The molecule has 1 aromatic carbocycles. The van der Waals surface area contributed by atoms with Gasteiger partial charge in [-0.25, -0.2) is 4.98 Å². The average molecular weight is 524 g/mol. The monoisotopic (exact) mass is 523 g/mol. The summed E-state index contributed by atoms with van der Waals surface area (Å²) in [6, 6.07) is 3.78. The summed E-state index contributed by atoms with van der Waals surface area (Å²) in [6.07, 6.45) is 0.0779. The molecule has 0 bridgehead atoms.